The summed E-state index contributed by atoms with van der Waals surface area (Å²) in [6.45, 7) is 2.93. The zero-order valence-corrected chi connectivity index (χ0v) is 14.4. The Morgan fingerprint density at radius 2 is 2.13 bits per heavy atom. The van der Waals surface area contributed by atoms with E-state index in [9.17, 15) is 0 Å². The zero-order chi connectivity index (χ0) is 15.4. The molecule has 23 heavy (non-hydrogen) atoms. The van der Waals surface area contributed by atoms with E-state index in [-0.39, 0.29) is 12.4 Å². The van der Waals surface area contributed by atoms with Gasteiger partial charge in [-0.05, 0) is 50.7 Å². The Kier molecular flexibility index (Phi) is 6.45. The summed E-state index contributed by atoms with van der Waals surface area (Å²) in [4.78, 5) is 6.82. The van der Waals surface area contributed by atoms with Gasteiger partial charge in [0.15, 0.2) is 5.76 Å². The third-order valence-electron chi connectivity index (χ3n) is 4.20. The van der Waals surface area contributed by atoms with E-state index in [1.807, 2.05) is 31.3 Å². The van der Waals surface area contributed by atoms with Crippen molar-refractivity contribution in [2.24, 2.45) is 0 Å². The summed E-state index contributed by atoms with van der Waals surface area (Å²) in [6, 6.07) is 8.41. The molecule has 2 aromatic rings. The van der Waals surface area contributed by atoms with Gasteiger partial charge >= 0.3 is 0 Å². The zero-order valence-electron chi connectivity index (χ0n) is 13.6. The Morgan fingerprint density at radius 3 is 2.83 bits per heavy atom. The van der Waals surface area contributed by atoms with Crippen molar-refractivity contribution < 1.29 is 9.15 Å². The first-order valence-electron chi connectivity index (χ1n) is 7.77. The van der Waals surface area contributed by atoms with E-state index in [0.717, 1.165) is 42.6 Å². The fourth-order valence-corrected chi connectivity index (χ4v) is 2.90. The second kappa shape index (κ2) is 8.34. The largest absolute Gasteiger partial charge is 0.497 e. The maximum Gasteiger partial charge on any atom is 0.209 e. The minimum absolute atomic E-state index is 0. The lowest BCUT2D eigenvalue weighted by Crippen LogP contribution is -2.43. The van der Waals surface area contributed by atoms with Gasteiger partial charge in [0.25, 0.3) is 0 Å². The average molecular weight is 338 g/mol. The first-order chi connectivity index (χ1) is 10.8. The summed E-state index contributed by atoms with van der Waals surface area (Å²) in [5.41, 5.74) is 1.02. The van der Waals surface area contributed by atoms with Crippen LogP contribution in [0.15, 0.2) is 34.9 Å². The molecule has 1 aliphatic rings. The highest BCUT2D eigenvalue weighted by atomic mass is 35.5. The quantitative estimate of drug-likeness (QED) is 0.909. The lowest BCUT2D eigenvalue weighted by atomic mass is 10.1. The maximum absolute atomic E-state index is 5.90. The van der Waals surface area contributed by atoms with Crippen LogP contribution in [0, 0.1) is 0 Å². The summed E-state index contributed by atoms with van der Waals surface area (Å²) in [6.07, 6.45) is 4.27. The first-order valence-corrected chi connectivity index (χ1v) is 7.77. The minimum atomic E-state index is 0. The summed E-state index contributed by atoms with van der Waals surface area (Å²) in [7, 11) is 3.69. The Labute approximate surface area is 143 Å². The number of piperidine rings is 1. The summed E-state index contributed by atoms with van der Waals surface area (Å²) < 4.78 is 11.1. The van der Waals surface area contributed by atoms with Gasteiger partial charge in [-0.2, -0.15) is 0 Å². The molecule has 5 nitrogen and oxygen atoms in total. The molecule has 0 bridgehead atoms. The van der Waals surface area contributed by atoms with Crippen molar-refractivity contribution in [3.63, 3.8) is 0 Å². The van der Waals surface area contributed by atoms with Crippen LogP contribution in [0.25, 0.3) is 11.3 Å². The van der Waals surface area contributed by atoms with Gasteiger partial charge in [-0.15, -0.1) is 12.4 Å². The molecule has 1 aromatic heterocycles. The molecule has 1 aromatic carbocycles. The number of nitrogens with zero attached hydrogens (tertiary/aromatic N) is 2. The Bertz CT molecular complexity index is 600. The van der Waals surface area contributed by atoms with Crippen molar-refractivity contribution in [3.05, 3.63) is 36.4 Å². The molecule has 1 N–H and O–H groups in total. The SMILES string of the molecule is CNC1CCCN(Cc2ncc(-c3ccc(OC)cc3)o2)C1.Cl. The third kappa shape index (κ3) is 4.47. The number of aromatic nitrogens is 1. The second-order valence-corrected chi connectivity index (χ2v) is 5.71. The van der Waals surface area contributed by atoms with Crippen molar-refractivity contribution in [1.82, 2.24) is 15.2 Å². The fourth-order valence-electron chi connectivity index (χ4n) is 2.90. The van der Waals surface area contributed by atoms with Crippen LogP contribution < -0.4 is 10.1 Å². The number of halogens is 1. The van der Waals surface area contributed by atoms with Crippen LogP contribution in [-0.2, 0) is 6.54 Å². The molecule has 0 aliphatic carbocycles. The highest BCUT2D eigenvalue weighted by Crippen LogP contribution is 2.24. The Morgan fingerprint density at radius 1 is 1.35 bits per heavy atom. The van der Waals surface area contributed by atoms with Crippen LogP contribution in [0.1, 0.15) is 18.7 Å². The molecular formula is C17H24ClN3O2. The van der Waals surface area contributed by atoms with Crippen molar-refractivity contribution in [3.8, 4) is 17.1 Å². The van der Waals surface area contributed by atoms with Crippen molar-refractivity contribution in [1.29, 1.82) is 0 Å². The average Bonchev–Trinajstić information content (AvgIpc) is 3.03. The normalized spacial score (nSPS) is 18.4. The highest BCUT2D eigenvalue weighted by molar-refractivity contribution is 5.85. The molecule has 1 unspecified atom stereocenters. The van der Waals surface area contributed by atoms with E-state index in [1.165, 1.54) is 12.8 Å². The molecule has 6 heteroatoms. The van der Waals surface area contributed by atoms with E-state index < -0.39 is 0 Å². The van der Waals surface area contributed by atoms with Gasteiger partial charge in [0, 0.05) is 18.2 Å². The van der Waals surface area contributed by atoms with Gasteiger partial charge in [-0.1, -0.05) is 0 Å². The number of hydrogen-bond acceptors (Lipinski definition) is 5. The monoisotopic (exact) mass is 337 g/mol. The van der Waals surface area contributed by atoms with Crippen LogP contribution in [0.4, 0.5) is 0 Å². The molecule has 0 spiro atoms. The van der Waals surface area contributed by atoms with Crippen molar-refractivity contribution >= 4 is 12.4 Å². The van der Waals surface area contributed by atoms with Crippen LogP contribution in [0.5, 0.6) is 5.75 Å². The molecule has 1 saturated heterocycles. The maximum atomic E-state index is 5.90. The summed E-state index contributed by atoms with van der Waals surface area (Å²) in [5, 5.41) is 3.36. The van der Waals surface area contributed by atoms with Gasteiger partial charge in [0.05, 0.1) is 19.9 Å². The van der Waals surface area contributed by atoms with Crippen molar-refractivity contribution in [2.45, 2.75) is 25.4 Å². The van der Waals surface area contributed by atoms with Crippen LogP contribution >= 0.6 is 12.4 Å². The van der Waals surface area contributed by atoms with Crippen molar-refractivity contribution in [2.75, 3.05) is 27.2 Å². The molecule has 1 fully saturated rings. The lowest BCUT2D eigenvalue weighted by Gasteiger charge is -2.31. The van der Waals surface area contributed by atoms with E-state index in [2.05, 4.69) is 15.2 Å². The predicted molar refractivity (Wildman–Crippen MR) is 93.1 cm³/mol. The highest BCUT2D eigenvalue weighted by Gasteiger charge is 2.20. The Balaban J connectivity index is 0.00000192. The van der Waals surface area contributed by atoms with Crippen LogP contribution in [-0.4, -0.2) is 43.2 Å². The van der Waals surface area contributed by atoms with E-state index >= 15 is 0 Å². The Hall–Kier alpha value is -1.56. The molecule has 1 atom stereocenters. The van der Waals surface area contributed by atoms with Gasteiger partial charge < -0.3 is 14.5 Å². The number of nitrogens with one attached hydrogen (secondary N) is 1. The van der Waals surface area contributed by atoms with Gasteiger partial charge in [-0.3, -0.25) is 4.90 Å². The number of benzene rings is 1. The smallest absolute Gasteiger partial charge is 0.209 e. The third-order valence-corrected chi connectivity index (χ3v) is 4.20. The van der Waals surface area contributed by atoms with Gasteiger partial charge in [0.1, 0.15) is 5.75 Å². The number of oxazole rings is 1. The minimum Gasteiger partial charge on any atom is -0.497 e. The van der Waals surface area contributed by atoms with E-state index in [1.54, 1.807) is 13.3 Å². The number of rotatable bonds is 5. The molecule has 0 amide bonds. The fraction of sp³-hybridized carbons (Fsp3) is 0.471. The van der Waals surface area contributed by atoms with Crippen LogP contribution in [0.3, 0.4) is 0 Å². The summed E-state index contributed by atoms with van der Waals surface area (Å²) >= 11 is 0. The van der Waals surface area contributed by atoms with Crippen LogP contribution in [0.2, 0.25) is 0 Å². The molecule has 0 saturated carbocycles. The second-order valence-electron chi connectivity index (χ2n) is 5.71. The topological polar surface area (TPSA) is 50.5 Å². The van der Waals surface area contributed by atoms with Gasteiger partial charge in [0.2, 0.25) is 5.89 Å². The summed E-state index contributed by atoms with van der Waals surface area (Å²) in [5.74, 6) is 2.43. The van der Waals surface area contributed by atoms with E-state index in [0.29, 0.717) is 6.04 Å². The number of likely N-dealkylation sites (tertiary alicyclic amines) is 1. The predicted octanol–water partition coefficient (Wildman–Crippen LogP) is 2.96. The standard InChI is InChI=1S/C17H23N3O2.ClH/c1-18-14-4-3-9-20(11-14)12-17-19-10-16(22-17)13-5-7-15(21-2)8-6-13;/h5-8,10,14,18H,3-4,9,11-12H2,1-2H3;1H. The lowest BCUT2D eigenvalue weighted by molar-refractivity contribution is 0.173. The molecule has 2 heterocycles. The first kappa shape index (κ1) is 17.8. The van der Waals surface area contributed by atoms with E-state index in [4.69, 9.17) is 9.15 Å². The number of ether oxygens (including phenoxy) is 1. The number of methoxy groups -OCH3 is 1. The molecule has 1 aliphatic heterocycles. The molecule has 3 rings (SSSR count). The number of likely N-dealkylation sites (N-methyl/N-ethyl adjacent to an activating group) is 1. The van der Waals surface area contributed by atoms with Gasteiger partial charge in [-0.25, -0.2) is 4.98 Å². The molecule has 0 radical (unpaired) electrons. The number of hydrogen-bond donors (Lipinski definition) is 1. The molecular weight excluding hydrogens is 314 g/mol. The molecule has 126 valence electrons.